The minimum Gasteiger partial charge on any atom is -0.481 e. The second-order valence-corrected chi connectivity index (χ2v) is 6.42. The standard InChI is InChI=1S/C16H27N5O/c1-14-4-6-20(13-14)8-7-19-9-11-21(12-10-19)16-17-5-3-15(18-16)22-2/h3,5,14H,4,6-13H2,1-2H3/t14-/m0/s1. The van der Waals surface area contributed by atoms with E-state index >= 15 is 0 Å². The van der Waals surface area contributed by atoms with Crippen molar-refractivity contribution in [1.82, 2.24) is 19.8 Å². The first-order valence-electron chi connectivity index (χ1n) is 8.31. The van der Waals surface area contributed by atoms with Crippen molar-refractivity contribution in [2.75, 3.05) is 64.4 Å². The Morgan fingerprint density at radius 2 is 1.91 bits per heavy atom. The third-order valence-electron chi connectivity index (χ3n) is 4.72. The lowest BCUT2D eigenvalue weighted by atomic mass is 10.2. The molecule has 2 fully saturated rings. The van der Waals surface area contributed by atoms with Gasteiger partial charge in [-0.25, -0.2) is 4.98 Å². The van der Waals surface area contributed by atoms with E-state index in [1.54, 1.807) is 19.4 Å². The van der Waals surface area contributed by atoms with E-state index < -0.39 is 0 Å². The third-order valence-corrected chi connectivity index (χ3v) is 4.72. The van der Waals surface area contributed by atoms with Crippen LogP contribution in [0.1, 0.15) is 13.3 Å². The molecule has 3 heterocycles. The molecule has 0 saturated carbocycles. The highest BCUT2D eigenvalue weighted by Gasteiger charge is 2.22. The highest BCUT2D eigenvalue weighted by molar-refractivity contribution is 5.32. The number of hydrogen-bond donors (Lipinski definition) is 0. The van der Waals surface area contributed by atoms with Gasteiger partial charge in [0.1, 0.15) is 0 Å². The number of likely N-dealkylation sites (tertiary alicyclic amines) is 1. The van der Waals surface area contributed by atoms with E-state index in [4.69, 9.17) is 4.74 Å². The van der Waals surface area contributed by atoms with Gasteiger partial charge in [0.15, 0.2) is 0 Å². The van der Waals surface area contributed by atoms with Crippen molar-refractivity contribution in [2.45, 2.75) is 13.3 Å². The molecule has 0 N–H and O–H groups in total. The Morgan fingerprint density at radius 1 is 1.14 bits per heavy atom. The van der Waals surface area contributed by atoms with Crippen molar-refractivity contribution in [1.29, 1.82) is 0 Å². The zero-order chi connectivity index (χ0) is 15.4. The van der Waals surface area contributed by atoms with E-state index in [2.05, 4.69) is 31.6 Å². The molecule has 2 saturated heterocycles. The van der Waals surface area contributed by atoms with Crippen LogP contribution in [-0.4, -0.2) is 79.2 Å². The van der Waals surface area contributed by atoms with E-state index in [-0.39, 0.29) is 0 Å². The van der Waals surface area contributed by atoms with E-state index in [1.165, 1.54) is 32.6 Å². The highest BCUT2D eigenvalue weighted by atomic mass is 16.5. The molecule has 0 radical (unpaired) electrons. The summed E-state index contributed by atoms with van der Waals surface area (Å²) in [6.07, 6.45) is 3.13. The first kappa shape index (κ1) is 15.5. The summed E-state index contributed by atoms with van der Waals surface area (Å²) in [5.41, 5.74) is 0. The predicted molar refractivity (Wildman–Crippen MR) is 87.5 cm³/mol. The van der Waals surface area contributed by atoms with E-state index in [1.807, 2.05) is 0 Å². The molecule has 0 aliphatic carbocycles. The molecular formula is C16H27N5O. The molecule has 3 rings (SSSR count). The molecule has 0 amide bonds. The van der Waals surface area contributed by atoms with E-state index in [0.29, 0.717) is 5.88 Å². The van der Waals surface area contributed by atoms with Crippen molar-refractivity contribution in [3.8, 4) is 5.88 Å². The maximum atomic E-state index is 5.18. The van der Waals surface area contributed by atoms with Gasteiger partial charge in [-0.15, -0.1) is 0 Å². The average molecular weight is 305 g/mol. The molecule has 1 atom stereocenters. The Kier molecular flexibility index (Phi) is 5.10. The summed E-state index contributed by atoms with van der Waals surface area (Å²) in [4.78, 5) is 16.2. The molecule has 0 bridgehead atoms. The van der Waals surface area contributed by atoms with Crippen LogP contribution in [0.15, 0.2) is 12.3 Å². The van der Waals surface area contributed by atoms with Gasteiger partial charge in [0, 0.05) is 58.1 Å². The average Bonchev–Trinajstić information content (AvgIpc) is 2.99. The normalized spacial score (nSPS) is 23.9. The van der Waals surface area contributed by atoms with Gasteiger partial charge in [-0.05, 0) is 18.9 Å². The van der Waals surface area contributed by atoms with Crippen LogP contribution in [0.4, 0.5) is 5.95 Å². The van der Waals surface area contributed by atoms with Crippen molar-refractivity contribution >= 4 is 5.95 Å². The third kappa shape index (κ3) is 3.87. The lowest BCUT2D eigenvalue weighted by molar-refractivity contribution is 0.212. The fraction of sp³-hybridized carbons (Fsp3) is 0.750. The summed E-state index contributed by atoms with van der Waals surface area (Å²) in [6.45, 7) is 11.4. The van der Waals surface area contributed by atoms with Crippen LogP contribution in [0, 0.1) is 5.92 Å². The molecule has 0 spiro atoms. The summed E-state index contributed by atoms with van der Waals surface area (Å²) in [7, 11) is 1.64. The summed E-state index contributed by atoms with van der Waals surface area (Å²) < 4.78 is 5.18. The topological polar surface area (TPSA) is 44.7 Å². The van der Waals surface area contributed by atoms with Gasteiger partial charge in [-0.1, -0.05) is 6.92 Å². The first-order chi connectivity index (χ1) is 10.7. The lowest BCUT2D eigenvalue weighted by Gasteiger charge is -2.35. The number of nitrogens with zero attached hydrogens (tertiary/aromatic N) is 5. The molecule has 1 aromatic rings. The number of ether oxygens (including phenoxy) is 1. The van der Waals surface area contributed by atoms with Gasteiger partial charge < -0.3 is 14.5 Å². The van der Waals surface area contributed by atoms with Gasteiger partial charge in [-0.2, -0.15) is 4.98 Å². The van der Waals surface area contributed by atoms with Crippen LogP contribution in [0.5, 0.6) is 5.88 Å². The zero-order valence-corrected chi connectivity index (χ0v) is 13.7. The van der Waals surface area contributed by atoms with Crippen LogP contribution >= 0.6 is 0 Å². The van der Waals surface area contributed by atoms with Gasteiger partial charge in [0.2, 0.25) is 11.8 Å². The summed E-state index contributed by atoms with van der Waals surface area (Å²) in [5.74, 6) is 2.30. The second kappa shape index (κ2) is 7.24. The molecule has 6 nitrogen and oxygen atoms in total. The summed E-state index contributed by atoms with van der Waals surface area (Å²) in [5, 5.41) is 0. The number of hydrogen-bond acceptors (Lipinski definition) is 6. The number of rotatable bonds is 5. The summed E-state index contributed by atoms with van der Waals surface area (Å²) >= 11 is 0. The maximum absolute atomic E-state index is 5.18. The molecule has 0 unspecified atom stereocenters. The van der Waals surface area contributed by atoms with Crippen LogP contribution in [0.2, 0.25) is 0 Å². The minimum absolute atomic E-state index is 0.635. The van der Waals surface area contributed by atoms with Crippen molar-refractivity contribution in [3.05, 3.63) is 12.3 Å². The fourth-order valence-electron chi connectivity index (χ4n) is 3.28. The molecule has 0 aromatic carbocycles. The number of anilines is 1. The Bertz CT molecular complexity index is 475. The first-order valence-corrected chi connectivity index (χ1v) is 8.31. The van der Waals surface area contributed by atoms with E-state index in [0.717, 1.165) is 38.0 Å². The Morgan fingerprint density at radius 3 is 2.59 bits per heavy atom. The van der Waals surface area contributed by atoms with E-state index in [9.17, 15) is 0 Å². The highest BCUT2D eigenvalue weighted by Crippen LogP contribution is 2.16. The van der Waals surface area contributed by atoms with Crippen molar-refractivity contribution in [2.24, 2.45) is 5.92 Å². The van der Waals surface area contributed by atoms with Crippen LogP contribution in [0.3, 0.4) is 0 Å². The van der Waals surface area contributed by atoms with Crippen LogP contribution in [-0.2, 0) is 0 Å². The maximum Gasteiger partial charge on any atom is 0.228 e. The van der Waals surface area contributed by atoms with Gasteiger partial charge in [-0.3, -0.25) is 4.90 Å². The SMILES string of the molecule is COc1ccnc(N2CCN(CCN3CC[C@H](C)C3)CC2)n1. The van der Waals surface area contributed by atoms with Crippen molar-refractivity contribution in [3.63, 3.8) is 0 Å². The molecule has 1 aromatic heterocycles. The van der Waals surface area contributed by atoms with Gasteiger partial charge in [0.25, 0.3) is 0 Å². The lowest BCUT2D eigenvalue weighted by Crippen LogP contribution is -2.48. The number of aromatic nitrogens is 2. The Hall–Kier alpha value is -1.40. The number of piperazine rings is 1. The molecule has 2 aliphatic heterocycles. The smallest absolute Gasteiger partial charge is 0.228 e. The second-order valence-electron chi connectivity index (χ2n) is 6.42. The van der Waals surface area contributed by atoms with Gasteiger partial charge >= 0.3 is 0 Å². The van der Waals surface area contributed by atoms with Crippen LogP contribution in [0.25, 0.3) is 0 Å². The molecule has 2 aliphatic rings. The summed E-state index contributed by atoms with van der Waals surface area (Å²) in [6, 6.07) is 1.79. The van der Waals surface area contributed by atoms with Crippen molar-refractivity contribution < 1.29 is 4.74 Å². The predicted octanol–water partition coefficient (Wildman–Crippen LogP) is 0.949. The molecule has 22 heavy (non-hydrogen) atoms. The monoisotopic (exact) mass is 305 g/mol. The Balaban J connectivity index is 1.44. The van der Waals surface area contributed by atoms with Crippen LogP contribution < -0.4 is 9.64 Å². The quantitative estimate of drug-likeness (QED) is 0.807. The Labute approximate surface area is 133 Å². The number of methoxy groups -OCH3 is 1. The minimum atomic E-state index is 0.635. The zero-order valence-electron chi connectivity index (χ0n) is 13.7. The molecular weight excluding hydrogens is 278 g/mol. The fourth-order valence-corrected chi connectivity index (χ4v) is 3.28. The van der Waals surface area contributed by atoms with Gasteiger partial charge in [0.05, 0.1) is 7.11 Å². The molecule has 6 heteroatoms. The molecule has 122 valence electrons. The largest absolute Gasteiger partial charge is 0.481 e.